The van der Waals surface area contributed by atoms with Gasteiger partial charge >= 0.3 is 4.87 Å². The molecule has 4 aliphatic rings. The molecule has 3 heterocycles. The van der Waals surface area contributed by atoms with E-state index in [-0.39, 0.29) is 52.0 Å². The van der Waals surface area contributed by atoms with E-state index in [1.165, 1.54) is 11.0 Å². The summed E-state index contributed by atoms with van der Waals surface area (Å²) < 4.78 is 6.36. The number of thiazole rings is 1. The fraction of sp³-hybridized carbons (Fsp3) is 0.303. The van der Waals surface area contributed by atoms with Crippen LogP contribution in [0.2, 0.25) is 5.02 Å². The van der Waals surface area contributed by atoms with Crippen molar-refractivity contribution in [2.75, 3.05) is 4.90 Å². The highest BCUT2D eigenvalue weighted by Crippen LogP contribution is 2.69. The fourth-order valence-corrected chi connectivity index (χ4v) is 11.1. The molecule has 12 heteroatoms. The molecule has 8 rings (SSSR count). The van der Waals surface area contributed by atoms with E-state index in [0.717, 1.165) is 32.4 Å². The number of aromatic amines is 1. The van der Waals surface area contributed by atoms with E-state index in [0.29, 0.717) is 28.4 Å². The number of carbonyl (C=O) groups excluding carboxylic acids is 2. The Bertz CT molecular complexity index is 1940. The number of anilines is 1. The van der Waals surface area contributed by atoms with Gasteiger partial charge in [0.1, 0.15) is 12.4 Å². The van der Waals surface area contributed by atoms with Crippen LogP contribution < -0.4 is 14.5 Å². The first-order valence-electron chi connectivity index (χ1n) is 14.7. The maximum absolute atomic E-state index is 14.0. The lowest BCUT2D eigenvalue weighted by Crippen LogP contribution is -2.42. The van der Waals surface area contributed by atoms with E-state index in [2.05, 4.69) is 4.98 Å². The number of carbonyl (C=O) groups is 2. The zero-order chi connectivity index (χ0) is 31.1. The molecule has 6 unspecified atom stereocenters. The maximum Gasteiger partial charge on any atom is 0.305 e. The van der Waals surface area contributed by atoms with Crippen molar-refractivity contribution < 1.29 is 19.2 Å². The van der Waals surface area contributed by atoms with E-state index in [9.17, 15) is 24.5 Å². The number of aryl methyl sites for hydroxylation is 1. The van der Waals surface area contributed by atoms with Gasteiger partial charge < -0.3 is 9.72 Å². The molecule has 2 saturated carbocycles. The summed E-state index contributed by atoms with van der Waals surface area (Å²) >= 11 is 8.76. The van der Waals surface area contributed by atoms with Crippen LogP contribution in [0.3, 0.4) is 0 Å². The molecular formula is C33H26ClN3O6S2. The van der Waals surface area contributed by atoms with Crippen LogP contribution in [-0.2, 0) is 16.2 Å². The quantitative estimate of drug-likeness (QED) is 0.141. The van der Waals surface area contributed by atoms with E-state index >= 15 is 0 Å². The number of nitrogens with one attached hydrogen (secondary N) is 1. The number of nitro groups is 1. The summed E-state index contributed by atoms with van der Waals surface area (Å²) in [5.74, 6) is -1.67. The molecule has 7 atom stereocenters. The van der Waals surface area contributed by atoms with Crippen LogP contribution in [0.25, 0.3) is 0 Å². The predicted molar refractivity (Wildman–Crippen MR) is 171 cm³/mol. The minimum absolute atomic E-state index is 0.0647. The summed E-state index contributed by atoms with van der Waals surface area (Å²) in [5.41, 5.74) is 3.13. The number of imide groups is 1. The molecule has 3 aromatic carbocycles. The molecule has 2 aliphatic heterocycles. The monoisotopic (exact) mass is 659 g/mol. The van der Waals surface area contributed by atoms with Gasteiger partial charge in [-0.2, -0.15) is 0 Å². The molecule has 2 bridgehead atoms. The minimum Gasteiger partial charge on any atom is -0.489 e. The van der Waals surface area contributed by atoms with Crippen LogP contribution in [0, 0.1) is 46.6 Å². The first-order valence-corrected chi connectivity index (χ1v) is 16.8. The Morgan fingerprint density at radius 1 is 1.00 bits per heavy atom. The van der Waals surface area contributed by atoms with Crippen LogP contribution in [0.5, 0.6) is 5.75 Å². The smallest absolute Gasteiger partial charge is 0.305 e. The number of hydrogen-bond acceptors (Lipinski definition) is 8. The first-order chi connectivity index (χ1) is 21.7. The van der Waals surface area contributed by atoms with Gasteiger partial charge in [0.2, 0.25) is 11.8 Å². The van der Waals surface area contributed by atoms with Crippen LogP contribution >= 0.6 is 34.7 Å². The molecule has 2 aliphatic carbocycles. The highest BCUT2D eigenvalue weighted by molar-refractivity contribution is 8.00. The normalized spacial score (nSPS) is 27.8. The topological polar surface area (TPSA) is 123 Å². The molecule has 1 aromatic heterocycles. The Morgan fingerprint density at radius 2 is 1.71 bits per heavy atom. The van der Waals surface area contributed by atoms with Gasteiger partial charge in [-0.05, 0) is 67.0 Å². The Kier molecular flexibility index (Phi) is 6.70. The number of nitrogens with zero attached hydrogens (tertiary/aromatic N) is 2. The van der Waals surface area contributed by atoms with E-state index < -0.39 is 22.7 Å². The molecule has 3 fully saturated rings. The Hall–Kier alpha value is -3.93. The lowest BCUT2D eigenvalue weighted by Gasteiger charge is -2.43. The summed E-state index contributed by atoms with van der Waals surface area (Å²) in [4.78, 5) is 57.1. The second-order valence-electron chi connectivity index (χ2n) is 12.2. The summed E-state index contributed by atoms with van der Waals surface area (Å²) in [7, 11) is 0. The van der Waals surface area contributed by atoms with Gasteiger partial charge in [0.05, 0.1) is 27.5 Å². The largest absolute Gasteiger partial charge is 0.489 e. The molecule has 2 amide bonds. The van der Waals surface area contributed by atoms with Gasteiger partial charge in [0.15, 0.2) is 0 Å². The SMILES string of the molecule is Cc1ccc(COc2ccc([N+](=O)[O-])cc2[C@H]2c3sc(=O)[nH]c3SC3C4CC(C5C(=O)N(c6ccc(Cl)cc6)C(=O)C45)C32)cc1. The summed E-state index contributed by atoms with van der Waals surface area (Å²) in [6.07, 6.45) is 0.702. The number of halogens is 1. The van der Waals surface area contributed by atoms with Crippen molar-refractivity contribution in [2.45, 2.75) is 36.1 Å². The number of non-ortho nitro benzene ring substituents is 1. The predicted octanol–water partition coefficient (Wildman–Crippen LogP) is 6.56. The molecule has 1 N–H and O–H groups in total. The third kappa shape index (κ3) is 4.46. The minimum atomic E-state index is -0.504. The van der Waals surface area contributed by atoms with Crippen LogP contribution in [0.1, 0.15) is 33.9 Å². The van der Waals surface area contributed by atoms with Gasteiger partial charge in [-0.1, -0.05) is 52.8 Å². The Labute approximate surface area is 270 Å². The van der Waals surface area contributed by atoms with Gasteiger partial charge in [-0.15, -0.1) is 11.8 Å². The molecule has 45 heavy (non-hydrogen) atoms. The third-order valence-electron chi connectivity index (χ3n) is 9.86. The fourth-order valence-electron chi connectivity index (χ4n) is 8.08. The van der Waals surface area contributed by atoms with Crippen molar-refractivity contribution in [3.8, 4) is 5.75 Å². The van der Waals surface area contributed by atoms with Crippen molar-refractivity contribution in [2.24, 2.45) is 29.6 Å². The zero-order valence-corrected chi connectivity index (χ0v) is 26.2. The van der Waals surface area contributed by atoms with Gasteiger partial charge in [0, 0.05) is 38.8 Å². The molecule has 228 valence electrons. The van der Waals surface area contributed by atoms with E-state index in [1.807, 2.05) is 31.2 Å². The number of H-pyrrole nitrogens is 1. The lowest BCUT2D eigenvalue weighted by atomic mass is 9.68. The average Bonchev–Trinajstić information content (AvgIpc) is 3.76. The second kappa shape index (κ2) is 10.6. The molecule has 0 spiro atoms. The molecule has 9 nitrogen and oxygen atoms in total. The third-order valence-corrected chi connectivity index (χ3v) is 12.7. The highest BCUT2D eigenvalue weighted by atomic mass is 35.5. The van der Waals surface area contributed by atoms with Crippen molar-refractivity contribution in [1.82, 2.24) is 4.98 Å². The Morgan fingerprint density at radius 3 is 2.42 bits per heavy atom. The number of nitro benzene ring substituents is 1. The number of thioether (sulfide) groups is 1. The average molecular weight is 660 g/mol. The molecular weight excluding hydrogens is 634 g/mol. The highest BCUT2D eigenvalue weighted by Gasteiger charge is 2.70. The number of ether oxygens (including phenoxy) is 1. The number of rotatable bonds is 6. The van der Waals surface area contributed by atoms with Crippen LogP contribution in [-0.4, -0.2) is 27.0 Å². The van der Waals surface area contributed by atoms with Crippen molar-refractivity contribution >= 4 is 57.9 Å². The molecule has 1 saturated heterocycles. The van der Waals surface area contributed by atoms with E-state index in [1.54, 1.807) is 48.2 Å². The lowest BCUT2D eigenvalue weighted by molar-refractivity contribution is -0.385. The number of fused-ring (bicyclic) bond motifs is 9. The second-order valence-corrected chi connectivity index (χ2v) is 14.8. The number of hydrogen-bond donors (Lipinski definition) is 1. The summed E-state index contributed by atoms with van der Waals surface area (Å²) in [6, 6.07) is 19.3. The molecule has 4 aromatic rings. The van der Waals surface area contributed by atoms with Crippen LogP contribution in [0.15, 0.2) is 76.6 Å². The van der Waals surface area contributed by atoms with Gasteiger partial charge in [-0.25, -0.2) is 0 Å². The first kappa shape index (κ1) is 28.5. The zero-order valence-electron chi connectivity index (χ0n) is 23.8. The standard InChI is InChI=1S/C33H26ClN3O6S2/c1-15-2-4-16(5-3-15)14-43-23-11-10-19(37(41)42)12-20(23)24-25-21-13-22(28(25)44-30-29(24)45-33(40)35-30)27-26(21)31(38)36(32(27)39)18-8-6-17(34)7-9-18/h2-12,21-22,24-28H,13-14H2,1H3,(H,35,40)/t21?,22?,24-,25?,26?,27?,28?/m1/s1. The number of benzene rings is 3. The van der Waals surface area contributed by atoms with Gasteiger partial charge in [0.25, 0.3) is 5.69 Å². The Balaban J connectivity index is 1.22. The van der Waals surface area contributed by atoms with Gasteiger partial charge in [-0.3, -0.25) is 29.4 Å². The van der Waals surface area contributed by atoms with Crippen molar-refractivity contribution in [1.29, 1.82) is 0 Å². The van der Waals surface area contributed by atoms with Crippen molar-refractivity contribution in [3.63, 3.8) is 0 Å². The summed E-state index contributed by atoms with van der Waals surface area (Å²) in [5, 5.41) is 13.2. The van der Waals surface area contributed by atoms with E-state index in [4.69, 9.17) is 16.3 Å². The maximum atomic E-state index is 14.0. The number of amides is 2. The van der Waals surface area contributed by atoms with Crippen molar-refractivity contribution in [3.05, 3.63) is 113 Å². The molecule has 0 radical (unpaired) electrons. The summed E-state index contributed by atoms with van der Waals surface area (Å²) in [6.45, 7) is 2.27. The number of aromatic nitrogens is 1. The van der Waals surface area contributed by atoms with Crippen LogP contribution in [0.4, 0.5) is 11.4 Å².